The first kappa shape index (κ1) is 16.7. The molecule has 0 saturated carbocycles. The normalized spacial score (nSPS) is 10.9. The second-order valence-electron chi connectivity index (χ2n) is 5.17. The first-order chi connectivity index (χ1) is 12.1. The van der Waals surface area contributed by atoms with Crippen molar-refractivity contribution in [1.29, 1.82) is 0 Å². The number of benzene rings is 2. The minimum atomic E-state index is -0.533. The van der Waals surface area contributed by atoms with Crippen LogP contribution in [0.15, 0.2) is 59.0 Å². The molecule has 0 aliphatic rings. The minimum absolute atomic E-state index is 0.169. The highest BCUT2D eigenvalue weighted by Gasteiger charge is 2.10. The molecule has 3 N–H and O–H groups in total. The average Bonchev–Trinajstić information content (AvgIpc) is 3.05. The Hall–Kier alpha value is -3.19. The zero-order valence-corrected chi connectivity index (χ0v) is 14.0. The Labute approximate surface area is 147 Å². The van der Waals surface area contributed by atoms with E-state index in [1.54, 1.807) is 24.3 Å². The maximum Gasteiger partial charge on any atom is 0.272 e. The molecule has 0 spiro atoms. The second kappa shape index (κ2) is 7.59. The molecule has 2 amide bonds. The molecule has 0 aliphatic carbocycles. The molecule has 0 bridgehead atoms. The number of hydrogen-bond acceptors (Lipinski definition) is 5. The Kier molecular flexibility index (Phi) is 5.06. The molecule has 25 heavy (non-hydrogen) atoms. The van der Waals surface area contributed by atoms with Crippen LogP contribution in [0, 0.1) is 0 Å². The number of carbonyl (C=O) groups excluding carboxylic acids is 2. The molecule has 0 aliphatic heterocycles. The van der Waals surface area contributed by atoms with Crippen molar-refractivity contribution in [3.05, 3.63) is 65.0 Å². The standard InChI is InChI=1S/C18H15N3O3S/c19-17(22)10-24-13-7-5-12(6-8-13)9-20-21-18(23)15-11-25-16-4-2-1-3-14(15)16/h1-9,11H,10H2,(H2,19,22)(H,21,23). The first-order valence-corrected chi connectivity index (χ1v) is 8.32. The van der Waals surface area contributed by atoms with E-state index in [-0.39, 0.29) is 12.5 Å². The summed E-state index contributed by atoms with van der Waals surface area (Å²) in [5.74, 6) is -0.255. The van der Waals surface area contributed by atoms with Gasteiger partial charge in [0, 0.05) is 15.5 Å². The Bertz CT molecular complexity index is 932. The van der Waals surface area contributed by atoms with Crippen LogP contribution in [0.1, 0.15) is 15.9 Å². The molecule has 0 unspecified atom stereocenters. The van der Waals surface area contributed by atoms with Crippen molar-refractivity contribution < 1.29 is 14.3 Å². The van der Waals surface area contributed by atoms with Crippen LogP contribution < -0.4 is 15.9 Å². The predicted octanol–water partition coefficient (Wildman–Crippen LogP) is 2.53. The van der Waals surface area contributed by atoms with E-state index in [0.29, 0.717) is 11.3 Å². The molecule has 0 atom stereocenters. The zero-order chi connectivity index (χ0) is 17.6. The van der Waals surface area contributed by atoms with Gasteiger partial charge in [0.2, 0.25) is 0 Å². The number of amides is 2. The Morgan fingerprint density at radius 1 is 1.16 bits per heavy atom. The lowest BCUT2D eigenvalue weighted by Gasteiger charge is -2.03. The maximum atomic E-state index is 12.2. The van der Waals surface area contributed by atoms with Gasteiger partial charge >= 0.3 is 0 Å². The topological polar surface area (TPSA) is 93.8 Å². The van der Waals surface area contributed by atoms with Gasteiger partial charge in [-0.2, -0.15) is 5.10 Å². The molecule has 3 aromatic rings. The van der Waals surface area contributed by atoms with Crippen LogP contribution in [0.25, 0.3) is 10.1 Å². The quantitative estimate of drug-likeness (QED) is 0.527. The Balaban J connectivity index is 1.61. The molecule has 1 aromatic heterocycles. The van der Waals surface area contributed by atoms with Gasteiger partial charge in [-0.05, 0) is 35.9 Å². The second-order valence-corrected chi connectivity index (χ2v) is 6.08. The number of thiophene rings is 1. The summed E-state index contributed by atoms with van der Waals surface area (Å²) in [6.45, 7) is -0.169. The van der Waals surface area contributed by atoms with Crippen LogP contribution >= 0.6 is 11.3 Å². The summed E-state index contributed by atoms with van der Waals surface area (Å²) in [6, 6.07) is 14.6. The summed E-state index contributed by atoms with van der Waals surface area (Å²) in [7, 11) is 0. The minimum Gasteiger partial charge on any atom is -0.484 e. The van der Waals surface area contributed by atoms with Gasteiger partial charge in [-0.15, -0.1) is 11.3 Å². The van der Waals surface area contributed by atoms with Gasteiger partial charge in [0.1, 0.15) is 5.75 Å². The third-order valence-corrected chi connectivity index (χ3v) is 4.33. The molecule has 7 heteroatoms. The van der Waals surface area contributed by atoms with Crippen molar-refractivity contribution in [2.24, 2.45) is 10.8 Å². The van der Waals surface area contributed by atoms with Gasteiger partial charge in [-0.25, -0.2) is 5.43 Å². The predicted molar refractivity (Wildman–Crippen MR) is 98.0 cm³/mol. The number of nitrogens with one attached hydrogen (secondary N) is 1. The number of nitrogens with zero attached hydrogens (tertiary/aromatic N) is 1. The number of primary amides is 1. The van der Waals surface area contributed by atoms with E-state index >= 15 is 0 Å². The summed E-state index contributed by atoms with van der Waals surface area (Å²) >= 11 is 1.52. The molecule has 0 fully saturated rings. The van der Waals surface area contributed by atoms with Gasteiger partial charge in [-0.1, -0.05) is 18.2 Å². The van der Waals surface area contributed by atoms with Crippen LogP contribution in [0.4, 0.5) is 0 Å². The smallest absolute Gasteiger partial charge is 0.272 e. The fourth-order valence-corrected chi connectivity index (χ4v) is 3.12. The van der Waals surface area contributed by atoms with Gasteiger partial charge in [0.15, 0.2) is 6.61 Å². The van der Waals surface area contributed by atoms with Gasteiger partial charge in [0.25, 0.3) is 11.8 Å². The SMILES string of the molecule is NC(=O)COc1ccc(C=NNC(=O)c2csc3ccccc23)cc1. The Morgan fingerprint density at radius 3 is 2.68 bits per heavy atom. The van der Waals surface area contributed by atoms with Crippen LogP contribution in [-0.4, -0.2) is 24.6 Å². The number of rotatable bonds is 6. The average molecular weight is 353 g/mol. The molecule has 3 rings (SSSR count). The lowest BCUT2D eigenvalue weighted by molar-refractivity contribution is -0.119. The lowest BCUT2D eigenvalue weighted by atomic mass is 10.2. The van der Waals surface area contributed by atoms with E-state index in [1.807, 2.05) is 29.6 Å². The molecule has 1 heterocycles. The number of hydrogen-bond donors (Lipinski definition) is 2. The highest BCUT2D eigenvalue weighted by molar-refractivity contribution is 7.17. The number of ether oxygens (including phenoxy) is 1. The number of nitrogens with two attached hydrogens (primary N) is 1. The summed E-state index contributed by atoms with van der Waals surface area (Å²) in [6.07, 6.45) is 1.53. The van der Waals surface area contributed by atoms with Crippen LogP contribution in [0.5, 0.6) is 5.75 Å². The van der Waals surface area contributed by atoms with Crippen LogP contribution in [0.2, 0.25) is 0 Å². The van der Waals surface area contributed by atoms with Crippen molar-refractivity contribution in [2.45, 2.75) is 0 Å². The van der Waals surface area contributed by atoms with E-state index in [4.69, 9.17) is 10.5 Å². The molecular weight excluding hydrogens is 338 g/mol. The summed E-state index contributed by atoms with van der Waals surface area (Å²) in [5.41, 5.74) is 8.92. The third-order valence-electron chi connectivity index (χ3n) is 3.37. The molecule has 126 valence electrons. The highest BCUT2D eigenvalue weighted by Crippen LogP contribution is 2.25. The Morgan fingerprint density at radius 2 is 1.92 bits per heavy atom. The third kappa shape index (κ3) is 4.21. The number of hydrazone groups is 1. The monoisotopic (exact) mass is 353 g/mol. The molecular formula is C18H15N3O3S. The molecule has 0 radical (unpaired) electrons. The molecule has 6 nitrogen and oxygen atoms in total. The molecule has 0 saturated heterocycles. The zero-order valence-electron chi connectivity index (χ0n) is 13.1. The van der Waals surface area contributed by atoms with Crippen molar-refractivity contribution in [3.63, 3.8) is 0 Å². The number of carbonyl (C=O) groups is 2. The van der Waals surface area contributed by atoms with Crippen LogP contribution in [0.3, 0.4) is 0 Å². The summed E-state index contributed by atoms with van der Waals surface area (Å²) < 4.78 is 6.23. The summed E-state index contributed by atoms with van der Waals surface area (Å²) in [5, 5.41) is 6.71. The highest BCUT2D eigenvalue weighted by atomic mass is 32.1. The van der Waals surface area contributed by atoms with Crippen molar-refractivity contribution in [2.75, 3.05) is 6.61 Å². The fourth-order valence-electron chi connectivity index (χ4n) is 2.18. The van der Waals surface area contributed by atoms with Crippen molar-refractivity contribution in [3.8, 4) is 5.75 Å². The van der Waals surface area contributed by atoms with E-state index < -0.39 is 5.91 Å². The largest absolute Gasteiger partial charge is 0.484 e. The summed E-state index contributed by atoms with van der Waals surface area (Å²) in [4.78, 5) is 22.9. The lowest BCUT2D eigenvalue weighted by Crippen LogP contribution is -2.20. The van der Waals surface area contributed by atoms with Crippen molar-refractivity contribution >= 4 is 39.5 Å². The van der Waals surface area contributed by atoms with Gasteiger partial charge < -0.3 is 10.5 Å². The number of fused-ring (bicyclic) bond motifs is 1. The van der Waals surface area contributed by atoms with Crippen molar-refractivity contribution in [1.82, 2.24) is 5.43 Å². The molecule has 2 aromatic carbocycles. The fraction of sp³-hybridized carbons (Fsp3) is 0.0556. The first-order valence-electron chi connectivity index (χ1n) is 7.44. The van der Waals surface area contributed by atoms with E-state index in [1.165, 1.54) is 17.6 Å². The van der Waals surface area contributed by atoms with Gasteiger partial charge in [0.05, 0.1) is 11.8 Å². The van der Waals surface area contributed by atoms with Crippen LogP contribution in [-0.2, 0) is 4.79 Å². The maximum absolute atomic E-state index is 12.2. The van der Waals surface area contributed by atoms with Gasteiger partial charge in [-0.3, -0.25) is 9.59 Å². The van der Waals surface area contributed by atoms with E-state index in [0.717, 1.165) is 15.6 Å². The van der Waals surface area contributed by atoms with E-state index in [2.05, 4.69) is 10.5 Å². The van der Waals surface area contributed by atoms with E-state index in [9.17, 15) is 9.59 Å².